The highest BCUT2D eigenvalue weighted by Gasteiger charge is 2.64. The highest BCUT2D eigenvalue weighted by molar-refractivity contribution is 9.11. The standard InChI is InChI=1S/C31H39N5O3S.C19H30BNO4.C18H21BrN4OS.C13H18BrNO2.C12H24B2O4.C8H8BrNO.C8H7BrO2.ClH.H3N/c1-21-17-22(9-10-24(21)19-33-30(38)39-31(2,3)4)25-20-36-26-12-11-23(18-27(26)40-29(36)34-25)28(37)32-13-8-16-35-14-6-5-7-15-35;1-13-11-15(20-24-18(5,6)19(7,8)25-20)10-9-14(13)12-21-16(22)23-17(2,3)4;19-16-12-23-14-6-5-13(11-15(14)25-18(23)21-16)17(24)20-7-4-10-22-8-2-1-3-9-22;1-9-7-11(14)6-5-10(9)8-15-12(16)17-13(2,3)4;1-9(2)10(3,4)16-13(15-9)14-17-11(5,6)12(7,8)18-14;2*1-5-4-6(9)2-3-7(5)8(10)11;;/h9-12,17-18,20H,5-8,13-16,19H2,1-4H3,(H,32,37)(H,33,38);9-11H,12H2,1-8H3,(H,21,22);5-6,11-12H,1-4,7-10H2,(H,20,24);5-7H,8H2,1-4H3,(H,15,16);1-8H3;2-4H,1H3,(H2,10,11);2-4H,1H3,(H,10,11);1H;1H3. The molecular formula is C109H151B3Br4ClN13O17S2. The zero-order valence-corrected chi connectivity index (χ0v) is 99.9. The average Bonchev–Trinajstić information content (AvgIpc) is 1.69. The van der Waals surface area contributed by atoms with Crippen LogP contribution in [-0.4, -0.2) is 200 Å². The fourth-order valence-corrected chi connectivity index (χ4v) is 20.2. The number of amides is 6. The number of carbonyl (C=O) groups is 7. The van der Waals surface area contributed by atoms with Crippen LogP contribution in [0, 0.1) is 34.6 Å². The van der Waals surface area contributed by atoms with Crippen molar-refractivity contribution in [2.45, 2.75) is 301 Å². The molecule has 5 aliphatic rings. The molecule has 40 heteroatoms. The Hall–Kier alpha value is -8.87. The fourth-order valence-electron chi connectivity index (χ4n) is 16.1. The third-order valence-corrected chi connectivity index (χ3v) is 30.3. The molecule has 0 aliphatic carbocycles. The van der Waals surface area contributed by atoms with Gasteiger partial charge in [0.05, 0.1) is 65.3 Å². The number of rotatable bonds is 21. The summed E-state index contributed by atoms with van der Waals surface area (Å²) in [6.45, 7) is 60.3. The molecule has 0 bridgehead atoms. The van der Waals surface area contributed by atoms with Gasteiger partial charge in [-0.25, -0.2) is 29.1 Å². The highest BCUT2D eigenvalue weighted by Crippen LogP contribution is 2.44. The summed E-state index contributed by atoms with van der Waals surface area (Å²) in [5, 5.41) is 23.1. The number of imidazole rings is 2. The van der Waals surface area contributed by atoms with Crippen LogP contribution < -0.4 is 43.9 Å². The molecule has 0 saturated carbocycles. The third kappa shape index (κ3) is 36.7. The van der Waals surface area contributed by atoms with Crippen molar-refractivity contribution in [3.8, 4) is 11.3 Å². The smallest absolute Gasteiger partial charge is 0.478 e. The predicted molar refractivity (Wildman–Crippen MR) is 616 cm³/mol. The average molecular weight is 2370 g/mol. The first-order valence-electron chi connectivity index (χ1n) is 50.0. The number of carbonyl (C=O) groups excluding carboxylic acids is 6. The second-order valence-corrected chi connectivity index (χ2v) is 49.1. The van der Waals surface area contributed by atoms with Gasteiger partial charge in [-0.05, 0) is 415 Å². The molecule has 7 aromatic carbocycles. The SMILES string of the molecule is CC1(C)OB(B2OC(C)(C)C(C)(C)O2)OC1(C)C.Cc1cc(-c2cn3c(n2)sc2cc(C(=O)NCCCN4CCCCC4)ccc23)ccc1CNC(=O)OC(C)(C)C.Cc1cc(B2OC(C)(C)C(C)(C)O2)ccc1CNC(=O)OC(C)(C)C.Cc1cc(Br)ccc1C(=O)O.Cc1cc(Br)ccc1C(N)=O.Cc1cc(Br)ccc1CNC(=O)OC(C)(C)C.Cl.N.O=C(NCCCN1CCCCC1)c1ccc2c(c1)sc1nc(Br)cn12. The fraction of sp³-hybridized carbons (Fsp3) is 0.495. The van der Waals surface area contributed by atoms with Crippen LogP contribution in [-0.2, 0) is 61.8 Å². The maximum Gasteiger partial charge on any atom is 0.494 e. The monoisotopic (exact) mass is 2360 g/mol. The molecule has 9 heterocycles. The molecule has 11 aromatic rings. The van der Waals surface area contributed by atoms with E-state index in [0.29, 0.717) is 48.4 Å². The number of carboxylic acid groups (broad SMARTS) is 1. The van der Waals surface area contributed by atoms with E-state index in [1.165, 1.54) is 64.7 Å². The highest BCUT2D eigenvalue weighted by atomic mass is 79.9. The Balaban J connectivity index is 0.000000221. The minimum absolute atomic E-state index is 0. The van der Waals surface area contributed by atoms with Crippen molar-refractivity contribution in [1.82, 2.24) is 61.3 Å². The topological polar surface area (TPSA) is 385 Å². The van der Waals surface area contributed by atoms with E-state index in [-0.39, 0.29) is 83.1 Å². The second-order valence-electron chi connectivity index (χ2n) is 43.5. The number of likely N-dealkylation sites (tertiary alicyclic amines) is 2. The number of nitrogens with two attached hydrogens (primary N) is 1. The number of aryl methyl sites for hydroxylation is 5. The largest absolute Gasteiger partial charge is 0.494 e. The lowest BCUT2D eigenvalue weighted by molar-refractivity contribution is 0.00578. The number of hydrogen-bond donors (Lipinski definition) is 8. The van der Waals surface area contributed by atoms with Crippen molar-refractivity contribution in [3.63, 3.8) is 0 Å². The van der Waals surface area contributed by atoms with Crippen LogP contribution in [0.3, 0.4) is 0 Å². The number of aromatic carboxylic acids is 1. The third-order valence-electron chi connectivity index (χ3n) is 26.4. The van der Waals surface area contributed by atoms with Crippen LogP contribution >= 0.6 is 98.8 Å². The van der Waals surface area contributed by atoms with Crippen LogP contribution in [0.1, 0.15) is 283 Å². The Kier molecular flexibility index (Phi) is 45.2. The molecule has 0 atom stereocenters. The number of carboxylic acids is 1. The Morgan fingerprint density at radius 1 is 0.430 bits per heavy atom. The maximum atomic E-state index is 12.8. The van der Waals surface area contributed by atoms with Gasteiger partial charge in [0.15, 0.2) is 9.92 Å². The molecule has 0 unspecified atom stereocenters. The number of fused-ring (bicyclic) bond motifs is 6. The molecular weight excluding hydrogens is 2210 g/mol. The Morgan fingerprint density at radius 2 is 0.779 bits per heavy atom. The van der Waals surface area contributed by atoms with E-state index in [0.717, 1.165) is 142 Å². The van der Waals surface area contributed by atoms with Gasteiger partial charge in [0.2, 0.25) is 5.91 Å². The molecule has 0 radical (unpaired) electrons. The molecule has 5 aliphatic heterocycles. The number of nitrogens with zero attached hydrogens (tertiary/aromatic N) is 6. The predicted octanol–water partition coefficient (Wildman–Crippen LogP) is 24.3. The number of thiazole rings is 2. The van der Waals surface area contributed by atoms with Crippen LogP contribution in [0.25, 0.3) is 41.6 Å². The Labute approximate surface area is 927 Å². The zero-order valence-electron chi connectivity index (χ0n) is 91.1. The van der Waals surface area contributed by atoms with Gasteiger partial charge in [-0.15, -0.1) is 12.4 Å². The van der Waals surface area contributed by atoms with E-state index in [2.05, 4.69) is 116 Å². The quantitative estimate of drug-likeness (QED) is 0.0188. The molecule has 30 nitrogen and oxygen atoms in total. The van der Waals surface area contributed by atoms with Gasteiger partial charge in [0.1, 0.15) is 21.4 Å². The number of alkyl carbamates (subject to hydrolysis) is 3. The molecule has 16 rings (SSSR count). The van der Waals surface area contributed by atoms with Gasteiger partial charge in [-0.2, -0.15) is 0 Å². The van der Waals surface area contributed by atoms with Gasteiger partial charge in [-0.1, -0.05) is 120 Å². The number of primary amides is 1. The molecule has 11 N–H and O–H groups in total. The summed E-state index contributed by atoms with van der Waals surface area (Å²) >= 11 is 16.5. The van der Waals surface area contributed by atoms with Gasteiger partial charge >= 0.3 is 45.4 Å². The molecule has 6 amide bonds. The summed E-state index contributed by atoms with van der Waals surface area (Å²) < 4.78 is 61.8. The van der Waals surface area contributed by atoms with Crippen molar-refractivity contribution >= 4 is 198 Å². The minimum atomic E-state index is -0.880. The zero-order chi connectivity index (χ0) is 108. The van der Waals surface area contributed by atoms with Crippen molar-refractivity contribution in [2.24, 2.45) is 5.73 Å². The van der Waals surface area contributed by atoms with Crippen molar-refractivity contribution in [2.75, 3.05) is 52.4 Å². The lowest BCUT2D eigenvalue weighted by atomic mass is 9.49. The summed E-state index contributed by atoms with van der Waals surface area (Å²) in [5.74, 6) is -1.28. The van der Waals surface area contributed by atoms with Crippen LogP contribution in [0.2, 0.25) is 0 Å². The number of ether oxygens (including phenoxy) is 3. The van der Waals surface area contributed by atoms with Gasteiger partial charge in [0.25, 0.3) is 11.8 Å². The molecule has 0 spiro atoms. The number of halogens is 5. The summed E-state index contributed by atoms with van der Waals surface area (Å²) in [6.07, 6.45) is 12.7. The van der Waals surface area contributed by atoms with E-state index in [1.807, 2.05) is 281 Å². The van der Waals surface area contributed by atoms with E-state index in [4.69, 9.17) is 58.0 Å². The first-order valence-corrected chi connectivity index (χ1v) is 54.8. The Bertz CT molecular complexity index is 6300. The summed E-state index contributed by atoms with van der Waals surface area (Å²) in [5.41, 5.74) is 16.9. The number of nitrogens with one attached hydrogen (secondary N) is 5. The second kappa shape index (κ2) is 53.8. The lowest BCUT2D eigenvalue weighted by Gasteiger charge is -2.32. The first-order chi connectivity index (χ1) is 68.5. The van der Waals surface area contributed by atoms with E-state index < -0.39 is 49.0 Å². The number of aromatic nitrogens is 4. The molecule has 5 fully saturated rings. The number of benzene rings is 7. The summed E-state index contributed by atoms with van der Waals surface area (Å²) in [4.78, 5) is 97.8. The van der Waals surface area contributed by atoms with Crippen LogP contribution in [0.5, 0.6) is 0 Å². The van der Waals surface area contributed by atoms with Gasteiger partial charge in [0, 0.05) is 80.8 Å². The molecule has 149 heavy (non-hydrogen) atoms. The van der Waals surface area contributed by atoms with E-state index >= 15 is 0 Å². The molecule has 5 saturated heterocycles. The van der Waals surface area contributed by atoms with E-state index in [9.17, 15) is 33.6 Å². The van der Waals surface area contributed by atoms with Gasteiger partial charge in [-0.3, -0.25) is 23.2 Å². The van der Waals surface area contributed by atoms with Gasteiger partial charge < -0.3 is 95.5 Å². The van der Waals surface area contributed by atoms with Crippen molar-refractivity contribution in [1.29, 1.82) is 0 Å². The van der Waals surface area contributed by atoms with Crippen molar-refractivity contribution < 1.29 is 80.8 Å². The number of hydrogen-bond acceptors (Lipinski definition) is 23. The maximum absolute atomic E-state index is 12.8. The normalized spacial score (nSPS) is 16.3. The summed E-state index contributed by atoms with van der Waals surface area (Å²) in [7, 11) is -1.33. The minimum Gasteiger partial charge on any atom is -0.478 e. The first kappa shape index (κ1) is 125. The lowest BCUT2D eigenvalue weighted by Crippen LogP contribution is -2.41. The number of piperidine rings is 2. The Morgan fingerprint density at radius 3 is 1.15 bits per heavy atom. The van der Waals surface area contributed by atoms with Crippen molar-refractivity contribution in [3.05, 3.63) is 225 Å². The van der Waals surface area contributed by atoms with E-state index in [1.54, 1.807) is 59.9 Å². The summed E-state index contributed by atoms with van der Waals surface area (Å²) in [6, 6.07) is 40.3. The van der Waals surface area contributed by atoms with Crippen LogP contribution in [0.4, 0.5) is 14.4 Å². The van der Waals surface area contributed by atoms with Crippen LogP contribution in [0.15, 0.2) is 158 Å². The molecule has 4 aromatic heterocycles. The molecule has 810 valence electrons.